The number of benzene rings is 2. The maximum Gasteiger partial charge on any atom is 0.416 e. The van der Waals surface area contributed by atoms with Gasteiger partial charge in [0, 0.05) is 12.4 Å². The van der Waals surface area contributed by atoms with E-state index in [0.29, 0.717) is 18.0 Å². The molecule has 0 saturated carbocycles. The molecule has 2 aromatic carbocycles. The van der Waals surface area contributed by atoms with Gasteiger partial charge in [-0.25, -0.2) is 0 Å². The first-order chi connectivity index (χ1) is 13.2. The van der Waals surface area contributed by atoms with Crippen molar-refractivity contribution in [2.45, 2.75) is 25.6 Å². The van der Waals surface area contributed by atoms with E-state index in [1.165, 1.54) is 12.1 Å². The normalized spacial score (nSPS) is 15.6. The van der Waals surface area contributed by atoms with Crippen molar-refractivity contribution < 1.29 is 22.7 Å². The van der Waals surface area contributed by atoms with Gasteiger partial charge in [-0.2, -0.15) is 13.2 Å². The van der Waals surface area contributed by atoms with E-state index in [4.69, 9.17) is 26.1 Å². The lowest BCUT2D eigenvalue weighted by molar-refractivity contribution is -0.137. The van der Waals surface area contributed by atoms with Crippen molar-refractivity contribution in [3.8, 4) is 11.5 Å². The molecule has 3 rings (SSSR count). The Labute approximate surface area is 159 Å². The molecule has 1 aliphatic heterocycles. The number of nitrogens with one attached hydrogen (secondary N) is 2. The van der Waals surface area contributed by atoms with Crippen LogP contribution in [0.25, 0.3) is 0 Å². The van der Waals surface area contributed by atoms with Gasteiger partial charge in [-0.15, -0.1) is 0 Å². The van der Waals surface area contributed by atoms with E-state index in [2.05, 4.69) is 5.16 Å². The highest BCUT2D eigenvalue weighted by Crippen LogP contribution is 2.35. The van der Waals surface area contributed by atoms with Gasteiger partial charge in [0.25, 0.3) is 0 Å². The Morgan fingerprint density at radius 3 is 2.46 bits per heavy atom. The summed E-state index contributed by atoms with van der Waals surface area (Å²) in [5.74, 6) is 0.981. The number of aryl methyl sites for hydroxylation is 1. The highest BCUT2D eigenvalue weighted by molar-refractivity contribution is 6.12. The van der Waals surface area contributed by atoms with Gasteiger partial charge in [0.05, 0.1) is 12.0 Å². The third-order valence-corrected chi connectivity index (χ3v) is 3.75. The molecule has 1 unspecified atom stereocenters. The first-order valence-electron chi connectivity index (χ1n) is 8.18. The number of nitrogens with zero attached hydrogens (tertiary/aromatic N) is 1. The summed E-state index contributed by atoms with van der Waals surface area (Å²) in [6, 6.07) is 10.2. The Kier molecular flexibility index (Phi) is 6.75. The molecule has 28 heavy (non-hydrogen) atoms. The van der Waals surface area contributed by atoms with E-state index in [1.54, 1.807) is 6.07 Å². The van der Waals surface area contributed by atoms with Crippen LogP contribution in [0.1, 0.15) is 29.2 Å². The van der Waals surface area contributed by atoms with Crippen molar-refractivity contribution in [1.82, 2.24) is 0 Å². The predicted octanol–water partition coefficient (Wildman–Crippen LogP) is 4.83. The summed E-state index contributed by atoms with van der Waals surface area (Å²) in [6.07, 6.45) is -2.43. The molecule has 0 fully saturated rings. The fourth-order valence-electron chi connectivity index (χ4n) is 2.36. The molecule has 0 aliphatic carbocycles. The largest absolute Gasteiger partial charge is 0.457 e. The molecule has 0 amide bonds. The van der Waals surface area contributed by atoms with Crippen molar-refractivity contribution in [3.63, 3.8) is 0 Å². The second-order valence-electron chi connectivity index (χ2n) is 5.87. The second-order valence-corrected chi connectivity index (χ2v) is 5.87. The first-order valence-corrected chi connectivity index (χ1v) is 8.18. The van der Waals surface area contributed by atoms with Crippen molar-refractivity contribution in [3.05, 3.63) is 59.2 Å². The Bertz CT molecular complexity index is 876. The maximum atomic E-state index is 12.8. The van der Waals surface area contributed by atoms with Crippen LogP contribution in [-0.2, 0) is 11.0 Å². The molecule has 1 atom stereocenters. The Balaban J connectivity index is 0.000000640. The number of oxime groups is 1. The summed E-state index contributed by atoms with van der Waals surface area (Å²) in [5.41, 5.74) is 6.44. The van der Waals surface area contributed by atoms with Gasteiger partial charge in [-0.1, -0.05) is 23.4 Å². The fraction of sp³-hybridized carbons (Fsp3) is 0.211. The molecule has 9 heteroatoms. The quantitative estimate of drug-likeness (QED) is 0.649. The van der Waals surface area contributed by atoms with E-state index < -0.39 is 11.7 Å². The summed E-state index contributed by atoms with van der Waals surface area (Å²) < 4.78 is 44.0. The summed E-state index contributed by atoms with van der Waals surface area (Å²) >= 11 is 0. The summed E-state index contributed by atoms with van der Waals surface area (Å²) in [6.45, 7) is 1.81. The van der Waals surface area contributed by atoms with E-state index in [9.17, 15) is 13.2 Å². The van der Waals surface area contributed by atoms with E-state index in [0.717, 1.165) is 35.7 Å². The number of rotatable bonds is 4. The van der Waals surface area contributed by atoms with Gasteiger partial charge in [0.15, 0.2) is 6.10 Å². The lowest BCUT2D eigenvalue weighted by Gasteiger charge is -2.14. The van der Waals surface area contributed by atoms with Crippen LogP contribution in [-0.4, -0.2) is 18.3 Å². The van der Waals surface area contributed by atoms with Crippen LogP contribution < -0.4 is 10.5 Å². The van der Waals surface area contributed by atoms with Crippen LogP contribution in [0, 0.1) is 17.7 Å². The average Bonchev–Trinajstić information content (AvgIpc) is 3.10. The SMILES string of the molecule is Cc1ccc(C2CC(N)=NO2)cc1Oc1cccc(C(F)(F)F)c1.N=CC=N. The zero-order valence-electron chi connectivity index (χ0n) is 15.0. The summed E-state index contributed by atoms with van der Waals surface area (Å²) in [5, 5.41) is 15.9. The zero-order chi connectivity index (χ0) is 20.7. The number of alkyl halides is 3. The van der Waals surface area contributed by atoms with Gasteiger partial charge in [-0.3, -0.25) is 0 Å². The molecule has 1 aliphatic rings. The highest BCUT2D eigenvalue weighted by atomic mass is 19.4. The van der Waals surface area contributed by atoms with Crippen molar-refractivity contribution in [1.29, 1.82) is 10.8 Å². The number of nitrogens with two attached hydrogens (primary N) is 1. The third-order valence-electron chi connectivity index (χ3n) is 3.75. The first kappa shape index (κ1) is 20.9. The highest BCUT2D eigenvalue weighted by Gasteiger charge is 2.30. The van der Waals surface area contributed by atoms with Gasteiger partial charge >= 0.3 is 6.18 Å². The standard InChI is InChI=1S/C17H15F3N2O2.C2H4N2/c1-10-5-6-11(15-9-16(21)22-24-15)7-14(10)23-13-4-2-3-12(8-13)17(18,19)20;3-1-2-4/h2-8,15H,9H2,1H3,(H2,21,22);1-4H. The average molecular weight is 392 g/mol. The molecule has 1 heterocycles. The maximum absolute atomic E-state index is 12.8. The van der Waals surface area contributed by atoms with Crippen LogP contribution in [0.15, 0.2) is 47.6 Å². The molecule has 0 aromatic heterocycles. The van der Waals surface area contributed by atoms with Crippen LogP contribution >= 0.6 is 0 Å². The van der Waals surface area contributed by atoms with Gasteiger partial charge in [0.1, 0.15) is 17.3 Å². The lowest BCUT2D eigenvalue weighted by atomic mass is 10.0. The van der Waals surface area contributed by atoms with Crippen LogP contribution in [0.5, 0.6) is 11.5 Å². The molecule has 148 valence electrons. The van der Waals surface area contributed by atoms with Gasteiger partial charge < -0.3 is 26.1 Å². The van der Waals surface area contributed by atoms with Crippen molar-refractivity contribution >= 4 is 18.3 Å². The molecule has 0 saturated heterocycles. The molecule has 0 spiro atoms. The Hall–Kier alpha value is -3.36. The number of ether oxygens (including phenoxy) is 1. The minimum absolute atomic E-state index is 0.119. The molecule has 4 N–H and O–H groups in total. The predicted molar refractivity (Wildman–Crippen MR) is 100 cm³/mol. The monoisotopic (exact) mass is 392 g/mol. The number of amidine groups is 1. The van der Waals surface area contributed by atoms with E-state index >= 15 is 0 Å². The summed E-state index contributed by atoms with van der Waals surface area (Å²) in [4.78, 5) is 5.22. The second kappa shape index (κ2) is 9.03. The smallest absolute Gasteiger partial charge is 0.416 e. The van der Waals surface area contributed by atoms with Crippen LogP contribution in [0.4, 0.5) is 13.2 Å². The molecule has 0 bridgehead atoms. The van der Waals surface area contributed by atoms with Crippen LogP contribution in [0.3, 0.4) is 0 Å². The number of hydrogen-bond acceptors (Lipinski definition) is 6. The van der Waals surface area contributed by atoms with E-state index in [-0.39, 0.29) is 11.9 Å². The fourth-order valence-corrected chi connectivity index (χ4v) is 2.36. The summed E-state index contributed by atoms with van der Waals surface area (Å²) in [7, 11) is 0. The number of halogens is 3. The molecule has 6 nitrogen and oxygen atoms in total. The molecular formula is C19H19F3N4O2. The molecule has 0 radical (unpaired) electrons. The topological polar surface area (TPSA) is 105 Å². The zero-order valence-corrected chi connectivity index (χ0v) is 15.0. The van der Waals surface area contributed by atoms with Crippen molar-refractivity contribution in [2.24, 2.45) is 10.9 Å². The number of hydrogen-bond donors (Lipinski definition) is 3. The van der Waals surface area contributed by atoms with Gasteiger partial charge in [-0.05, 0) is 42.3 Å². The van der Waals surface area contributed by atoms with Crippen LogP contribution in [0.2, 0.25) is 0 Å². The molecule has 2 aromatic rings. The van der Waals surface area contributed by atoms with Gasteiger partial charge in [0.2, 0.25) is 0 Å². The Morgan fingerprint density at radius 1 is 1.18 bits per heavy atom. The minimum Gasteiger partial charge on any atom is -0.457 e. The third kappa shape index (κ3) is 5.57. The minimum atomic E-state index is -4.41. The lowest BCUT2D eigenvalue weighted by Crippen LogP contribution is -2.09. The van der Waals surface area contributed by atoms with Crippen molar-refractivity contribution in [2.75, 3.05) is 0 Å². The molecular weight excluding hydrogens is 373 g/mol. The van der Waals surface area contributed by atoms with E-state index in [1.807, 2.05) is 19.1 Å². The Morgan fingerprint density at radius 2 is 1.89 bits per heavy atom.